The van der Waals surface area contributed by atoms with Crippen LogP contribution in [0.3, 0.4) is 0 Å². The number of carbonyl (C=O) groups is 1. The first-order valence-electron chi connectivity index (χ1n) is 9.46. The van der Waals surface area contributed by atoms with Crippen molar-refractivity contribution >= 4 is 21.8 Å². The third-order valence-electron chi connectivity index (χ3n) is 4.70. The lowest BCUT2D eigenvalue weighted by molar-refractivity contribution is -0.132. The van der Waals surface area contributed by atoms with E-state index in [0.29, 0.717) is 24.2 Å². The minimum Gasteiger partial charge on any atom is -0.342 e. The highest BCUT2D eigenvalue weighted by Gasteiger charge is 2.20. The lowest BCUT2D eigenvalue weighted by atomic mass is 9.95. The van der Waals surface area contributed by atoms with E-state index in [1.165, 1.54) is 51.4 Å². The fraction of sp³-hybridized carbons (Fsp3) is 0.947. The second-order valence-electron chi connectivity index (χ2n) is 6.57. The zero-order valence-corrected chi connectivity index (χ0v) is 17.0. The summed E-state index contributed by atoms with van der Waals surface area (Å²) in [6.07, 6.45) is 10.6. The van der Waals surface area contributed by atoms with E-state index in [2.05, 4.69) is 48.5 Å². The first kappa shape index (κ1) is 21.9. The average molecular weight is 376 g/mol. The maximum absolute atomic E-state index is 12.5. The zero-order chi connectivity index (χ0) is 16.8. The van der Waals surface area contributed by atoms with Gasteiger partial charge in [-0.1, -0.05) is 82.1 Å². The Balaban J connectivity index is 4.67. The molecule has 132 valence electrons. The van der Waals surface area contributed by atoms with Crippen LogP contribution in [-0.4, -0.2) is 29.2 Å². The van der Waals surface area contributed by atoms with Crippen LogP contribution in [0.25, 0.3) is 0 Å². The molecule has 0 radical (unpaired) electrons. The molecule has 0 heterocycles. The van der Waals surface area contributed by atoms with Crippen LogP contribution in [0.5, 0.6) is 0 Å². The number of halogens is 1. The summed E-state index contributed by atoms with van der Waals surface area (Å²) in [6.45, 7) is 11.0. The first-order chi connectivity index (χ1) is 10.6. The highest BCUT2D eigenvalue weighted by Crippen LogP contribution is 2.19. The Morgan fingerprint density at radius 2 is 1.36 bits per heavy atom. The van der Waals surface area contributed by atoms with Gasteiger partial charge in [-0.2, -0.15) is 0 Å². The second-order valence-corrected chi connectivity index (χ2v) is 7.36. The molecule has 1 amide bonds. The van der Waals surface area contributed by atoms with Crippen molar-refractivity contribution in [1.29, 1.82) is 0 Å². The summed E-state index contributed by atoms with van der Waals surface area (Å²) in [6, 6.07) is 0. The maximum atomic E-state index is 12.5. The van der Waals surface area contributed by atoms with Gasteiger partial charge in [-0.05, 0) is 24.7 Å². The summed E-state index contributed by atoms with van der Waals surface area (Å²) in [5.41, 5.74) is 0. The van der Waals surface area contributed by atoms with E-state index in [1.54, 1.807) is 0 Å². The van der Waals surface area contributed by atoms with Crippen LogP contribution in [0.1, 0.15) is 85.5 Å². The molecule has 0 saturated heterocycles. The second kappa shape index (κ2) is 14.5. The summed E-state index contributed by atoms with van der Waals surface area (Å²) < 4.78 is 0. The van der Waals surface area contributed by atoms with Crippen LogP contribution in [0, 0.1) is 11.8 Å². The molecular formula is C19H38BrNO. The third kappa shape index (κ3) is 9.86. The summed E-state index contributed by atoms with van der Waals surface area (Å²) in [7, 11) is 0. The Hall–Kier alpha value is -0.0500. The Labute approximate surface area is 147 Å². The van der Waals surface area contributed by atoms with Gasteiger partial charge in [-0.15, -0.1) is 0 Å². The van der Waals surface area contributed by atoms with Gasteiger partial charge in [-0.3, -0.25) is 4.79 Å². The summed E-state index contributed by atoms with van der Waals surface area (Å²) in [5.74, 6) is 1.67. The molecule has 0 aliphatic rings. The Morgan fingerprint density at radius 1 is 0.909 bits per heavy atom. The fourth-order valence-corrected chi connectivity index (χ4v) is 3.31. The largest absolute Gasteiger partial charge is 0.342 e. The van der Waals surface area contributed by atoms with Gasteiger partial charge in [0.15, 0.2) is 0 Å². The summed E-state index contributed by atoms with van der Waals surface area (Å²) in [4.78, 5) is 14.7. The number of nitrogens with zero attached hydrogens (tertiary/aromatic N) is 1. The van der Waals surface area contributed by atoms with Crippen LogP contribution in [0.2, 0.25) is 0 Å². The van der Waals surface area contributed by atoms with Crippen molar-refractivity contribution in [2.24, 2.45) is 11.8 Å². The number of hydrogen-bond donors (Lipinski definition) is 0. The molecule has 0 N–H and O–H groups in total. The minimum atomic E-state index is 0.335. The summed E-state index contributed by atoms with van der Waals surface area (Å²) >= 11 is 3.42. The Morgan fingerprint density at radius 3 is 1.68 bits per heavy atom. The molecule has 0 aromatic rings. The molecule has 0 aliphatic carbocycles. The molecule has 0 aromatic carbocycles. The predicted octanol–water partition coefficient (Wildman–Crippen LogP) is 6.03. The molecule has 0 saturated carbocycles. The van der Waals surface area contributed by atoms with Gasteiger partial charge >= 0.3 is 0 Å². The SMILES string of the molecule is CCCCC(CC)CN(CC(CC)CCCC)C(=O)CCBr. The van der Waals surface area contributed by atoms with Crippen molar-refractivity contribution in [1.82, 2.24) is 4.90 Å². The standard InChI is InChI=1S/C19H38BrNO/c1-5-9-11-17(7-3)15-21(19(22)13-14-20)16-18(8-4)12-10-6-2/h17-18H,5-16H2,1-4H3. The topological polar surface area (TPSA) is 20.3 Å². The van der Waals surface area contributed by atoms with E-state index in [4.69, 9.17) is 0 Å². The number of rotatable bonds is 14. The van der Waals surface area contributed by atoms with Gasteiger partial charge in [-0.25, -0.2) is 0 Å². The number of amides is 1. The van der Waals surface area contributed by atoms with Gasteiger partial charge in [0, 0.05) is 24.8 Å². The van der Waals surface area contributed by atoms with Crippen molar-refractivity contribution < 1.29 is 4.79 Å². The van der Waals surface area contributed by atoms with Crippen LogP contribution >= 0.6 is 15.9 Å². The Kier molecular flexibility index (Phi) is 14.5. The molecule has 0 bridgehead atoms. The molecule has 3 heteroatoms. The lowest BCUT2D eigenvalue weighted by Gasteiger charge is -2.30. The monoisotopic (exact) mass is 375 g/mol. The van der Waals surface area contributed by atoms with Crippen molar-refractivity contribution in [3.63, 3.8) is 0 Å². The number of hydrogen-bond acceptors (Lipinski definition) is 1. The van der Waals surface area contributed by atoms with Crippen molar-refractivity contribution in [2.75, 3.05) is 18.4 Å². The molecule has 0 rings (SSSR count). The highest BCUT2D eigenvalue weighted by atomic mass is 79.9. The van der Waals surface area contributed by atoms with Crippen molar-refractivity contribution in [2.45, 2.75) is 85.5 Å². The average Bonchev–Trinajstić information content (AvgIpc) is 2.53. The van der Waals surface area contributed by atoms with Gasteiger partial charge in [0.2, 0.25) is 5.91 Å². The molecule has 0 aromatic heterocycles. The fourth-order valence-electron chi connectivity index (χ4n) is 2.98. The van der Waals surface area contributed by atoms with Gasteiger partial charge < -0.3 is 4.90 Å². The molecule has 2 unspecified atom stereocenters. The quantitative estimate of drug-likeness (QED) is 0.339. The van der Waals surface area contributed by atoms with Crippen molar-refractivity contribution in [3.05, 3.63) is 0 Å². The molecule has 0 fully saturated rings. The van der Waals surface area contributed by atoms with Gasteiger partial charge in [0.1, 0.15) is 0 Å². The van der Waals surface area contributed by atoms with Crippen LogP contribution in [0.15, 0.2) is 0 Å². The lowest BCUT2D eigenvalue weighted by Crippen LogP contribution is -2.39. The molecular weight excluding hydrogens is 338 g/mol. The number of alkyl halides is 1. The van der Waals surface area contributed by atoms with E-state index in [1.807, 2.05) is 0 Å². The summed E-state index contributed by atoms with van der Waals surface area (Å²) in [5, 5.41) is 0.778. The van der Waals surface area contributed by atoms with Crippen LogP contribution in [-0.2, 0) is 4.79 Å². The molecule has 22 heavy (non-hydrogen) atoms. The molecule has 0 spiro atoms. The Bertz CT molecular complexity index is 252. The number of unbranched alkanes of at least 4 members (excludes halogenated alkanes) is 2. The highest BCUT2D eigenvalue weighted by molar-refractivity contribution is 9.09. The number of carbonyl (C=O) groups excluding carboxylic acids is 1. The van der Waals surface area contributed by atoms with E-state index in [-0.39, 0.29) is 0 Å². The van der Waals surface area contributed by atoms with Crippen molar-refractivity contribution in [3.8, 4) is 0 Å². The normalized spacial score (nSPS) is 13.9. The van der Waals surface area contributed by atoms with Crippen LogP contribution in [0.4, 0.5) is 0 Å². The predicted molar refractivity (Wildman–Crippen MR) is 102 cm³/mol. The first-order valence-corrected chi connectivity index (χ1v) is 10.6. The smallest absolute Gasteiger partial charge is 0.223 e. The zero-order valence-electron chi connectivity index (χ0n) is 15.4. The van der Waals surface area contributed by atoms with Gasteiger partial charge in [0.05, 0.1) is 0 Å². The van der Waals surface area contributed by atoms with E-state index in [0.717, 1.165) is 18.4 Å². The van der Waals surface area contributed by atoms with E-state index >= 15 is 0 Å². The molecule has 2 atom stereocenters. The third-order valence-corrected chi connectivity index (χ3v) is 5.10. The molecule has 0 aliphatic heterocycles. The van der Waals surface area contributed by atoms with Gasteiger partial charge in [0.25, 0.3) is 0 Å². The maximum Gasteiger partial charge on any atom is 0.223 e. The van der Waals surface area contributed by atoms with Crippen LogP contribution < -0.4 is 0 Å². The van der Waals surface area contributed by atoms with E-state index in [9.17, 15) is 4.79 Å². The minimum absolute atomic E-state index is 0.335. The molecule has 2 nitrogen and oxygen atoms in total. The van der Waals surface area contributed by atoms with E-state index < -0.39 is 0 Å².